The Labute approximate surface area is 138 Å². The van der Waals surface area contributed by atoms with E-state index in [0.29, 0.717) is 6.54 Å². The first kappa shape index (κ1) is 16.3. The third kappa shape index (κ3) is 4.22. The maximum Gasteiger partial charge on any atom is 0.238 e. The van der Waals surface area contributed by atoms with Crippen LogP contribution in [0.3, 0.4) is 0 Å². The molecule has 0 saturated carbocycles. The topological polar surface area (TPSA) is 56.1 Å². The predicted octanol–water partition coefficient (Wildman–Crippen LogP) is 3.11. The SMILES string of the molecule is CSC1(C#N)CCN(CC(=O)Nc2ccccc2Br)CC1. The van der Waals surface area contributed by atoms with Gasteiger partial charge in [-0.25, -0.2) is 0 Å². The van der Waals surface area contributed by atoms with Crippen molar-refractivity contribution in [1.82, 2.24) is 4.90 Å². The second-order valence-electron chi connectivity index (χ2n) is 5.11. The van der Waals surface area contributed by atoms with Crippen molar-refractivity contribution in [3.8, 4) is 6.07 Å². The molecule has 0 radical (unpaired) electrons. The minimum Gasteiger partial charge on any atom is -0.324 e. The Bertz CT molecular complexity index is 550. The van der Waals surface area contributed by atoms with Crippen LogP contribution in [-0.2, 0) is 4.79 Å². The zero-order valence-electron chi connectivity index (χ0n) is 11.9. The van der Waals surface area contributed by atoms with Gasteiger partial charge >= 0.3 is 0 Å². The summed E-state index contributed by atoms with van der Waals surface area (Å²) < 4.78 is 0.609. The van der Waals surface area contributed by atoms with Crippen molar-refractivity contribution >= 4 is 39.3 Å². The van der Waals surface area contributed by atoms with Crippen LogP contribution in [0.25, 0.3) is 0 Å². The quantitative estimate of drug-likeness (QED) is 0.887. The highest BCUT2D eigenvalue weighted by Crippen LogP contribution is 2.33. The van der Waals surface area contributed by atoms with E-state index in [4.69, 9.17) is 0 Å². The first-order valence-corrected chi connectivity index (χ1v) is 8.83. The molecule has 6 heteroatoms. The number of halogens is 1. The summed E-state index contributed by atoms with van der Waals surface area (Å²) in [6.45, 7) is 1.95. The number of hydrogen-bond acceptors (Lipinski definition) is 4. The van der Waals surface area contributed by atoms with Gasteiger partial charge in [0.05, 0.1) is 18.3 Å². The maximum absolute atomic E-state index is 12.1. The summed E-state index contributed by atoms with van der Waals surface area (Å²) in [5.74, 6) is -0.0180. The number of rotatable bonds is 4. The first-order valence-electron chi connectivity index (χ1n) is 6.82. The van der Waals surface area contributed by atoms with E-state index in [1.54, 1.807) is 11.8 Å². The molecule has 1 amide bonds. The summed E-state index contributed by atoms with van der Waals surface area (Å²) in [7, 11) is 0. The van der Waals surface area contributed by atoms with E-state index in [9.17, 15) is 10.1 Å². The van der Waals surface area contributed by atoms with E-state index in [2.05, 4.69) is 32.2 Å². The molecule has 0 bridgehead atoms. The van der Waals surface area contributed by atoms with E-state index < -0.39 is 0 Å². The first-order chi connectivity index (χ1) is 10.1. The van der Waals surface area contributed by atoms with Crippen LogP contribution in [0.5, 0.6) is 0 Å². The van der Waals surface area contributed by atoms with Crippen LogP contribution >= 0.6 is 27.7 Å². The number of likely N-dealkylation sites (tertiary alicyclic amines) is 1. The summed E-state index contributed by atoms with van der Waals surface area (Å²) >= 11 is 5.04. The van der Waals surface area contributed by atoms with E-state index >= 15 is 0 Å². The van der Waals surface area contributed by atoms with Crippen molar-refractivity contribution in [3.05, 3.63) is 28.7 Å². The zero-order valence-corrected chi connectivity index (χ0v) is 14.3. The van der Waals surface area contributed by atoms with Crippen LogP contribution in [0.1, 0.15) is 12.8 Å². The van der Waals surface area contributed by atoms with Crippen LogP contribution in [0, 0.1) is 11.3 Å². The van der Waals surface area contributed by atoms with E-state index in [1.165, 1.54) is 0 Å². The van der Waals surface area contributed by atoms with Gasteiger partial charge in [-0.3, -0.25) is 9.69 Å². The van der Waals surface area contributed by atoms with Gasteiger partial charge in [0.1, 0.15) is 4.75 Å². The van der Waals surface area contributed by atoms with Crippen molar-refractivity contribution in [2.45, 2.75) is 17.6 Å². The average Bonchev–Trinajstić information content (AvgIpc) is 2.51. The largest absolute Gasteiger partial charge is 0.324 e. The van der Waals surface area contributed by atoms with Crippen LogP contribution in [0.4, 0.5) is 5.69 Å². The smallest absolute Gasteiger partial charge is 0.238 e. The second kappa shape index (κ2) is 7.30. The Morgan fingerprint density at radius 1 is 1.48 bits per heavy atom. The molecule has 0 spiro atoms. The number of amides is 1. The van der Waals surface area contributed by atoms with Gasteiger partial charge < -0.3 is 5.32 Å². The highest BCUT2D eigenvalue weighted by Gasteiger charge is 2.34. The van der Waals surface area contributed by atoms with Crippen LogP contribution in [0.15, 0.2) is 28.7 Å². The fraction of sp³-hybridized carbons (Fsp3) is 0.467. The van der Waals surface area contributed by atoms with E-state index in [-0.39, 0.29) is 10.7 Å². The summed E-state index contributed by atoms with van der Waals surface area (Å²) in [6.07, 6.45) is 3.61. The molecule has 1 fully saturated rings. The van der Waals surface area contributed by atoms with E-state index in [1.807, 2.05) is 30.5 Å². The van der Waals surface area contributed by atoms with Crippen molar-refractivity contribution < 1.29 is 4.79 Å². The van der Waals surface area contributed by atoms with Crippen molar-refractivity contribution in [1.29, 1.82) is 5.26 Å². The number of anilines is 1. The molecule has 112 valence electrons. The minimum atomic E-state index is -0.268. The molecule has 0 atom stereocenters. The second-order valence-corrected chi connectivity index (χ2v) is 7.16. The normalized spacial score (nSPS) is 18.0. The van der Waals surface area contributed by atoms with Gasteiger partial charge in [0, 0.05) is 17.6 Å². The number of carbonyl (C=O) groups is 1. The molecule has 0 unspecified atom stereocenters. The van der Waals surface area contributed by atoms with Crippen molar-refractivity contribution in [3.63, 3.8) is 0 Å². The Balaban J connectivity index is 1.85. The lowest BCUT2D eigenvalue weighted by atomic mass is 9.97. The maximum atomic E-state index is 12.1. The van der Waals surface area contributed by atoms with Gasteiger partial charge in [-0.05, 0) is 47.2 Å². The van der Waals surface area contributed by atoms with Crippen LogP contribution in [0.2, 0.25) is 0 Å². The van der Waals surface area contributed by atoms with Gasteiger partial charge in [0.2, 0.25) is 5.91 Å². The van der Waals surface area contributed by atoms with Crippen molar-refractivity contribution in [2.24, 2.45) is 0 Å². The average molecular weight is 368 g/mol. The molecule has 1 saturated heterocycles. The number of hydrogen-bond donors (Lipinski definition) is 1. The highest BCUT2D eigenvalue weighted by atomic mass is 79.9. The zero-order chi connectivity index (χ0) is 15.3. The molecule has 1 aliphatic heterocycles. The fourth-order valence-corrected chi connectivity index (χ4v) is 3.46. The fourth-order valence-electron chi connectivity index (χ4n) is 2.39. The number of piperidine rings is 1. The lowest BCUT2D eigenvalue weighted by molar-refractivity contribution is -0.117. The number of carbonyl (C=O) groups excluding carboxylic acids is 1. The molecule has 4 nitrogen and oxygen atoms in total. The monoisotopic (exact) mass is 367 g/mol. The highest BCUT2D eigenvalue weighted by molar-refractivity contribution is 9.10. The molecule has 0 aliphatic carbocycles. The summed E-state index contributed by atoms with van der Waals surface area (Å²) in [6, 6.07) is 9.99. The number of thioether (sulfide) groups is 1. The Morgan fingerprint density at radius 2 is 2.14 bits per heavy atom. The van der Waals surface area contributed by atoms with Gasteiger partial charge in [-0.15, -0.1) is 11.8 Å². The molecule has 1 aromatic rings. The lowest BCUT2D eigenvalue weighted by Crippen LogP contribution is -2.44. The lowest BCUT2D eigenvalue weighted by Gasteiger charge is -2.35. The molecular weight excluding hydrogens is 350 g/mol. The number of nitrogens with zero attached hydrogens (tertiary/aromatic N) is 2. The number of benzene rings is 1. The Kier molecular flexibility index (Phi) is 5.68. The molecule has 1 aromatic carbocycles. The summed E-state index contributed by atoms with van der Waals surface area (Å²) in [5.41, 5.74) is 0.787. The molecule has 1 aliphatic rings. The van der Waals surface area contributed by atoms with Crippen LogP contribution in [-0.4, -0.2) is 41.4 Å². The minimum absolute atomic E-state index is 0.0180. The van der Waals surface area contributed by atoms with Gasteiger partial charge in [0.15, 0.2) is 0 Å². The Hall–Kier alpha value is -1.03. The molecular formula is C15H18BrN3OS. The number of nitriles is 1. The van der Waals surface area contributed by atoms with Gasteiger partial charge in [-0.2, -0.15) is 5.26 Å². The molecule has 21 heavy (non-hydrogen) atoms. The predicted molar refractivity (Wildman–Crippen MR) is 90.3 cm³/mol. The van der Waals surface area contributed by atoms with E-state index in [0.717, 1.165) is 36.1 Å². The third-order valence-electron chi connectivity index (χ3n) is 3.77. The van der Waals surface area contributed by atoms with Crippen LogP contribution < -0.4 is 5.32 Å². The molecule has 2 rings (SSSR count). The number of para-hydroxylation sites is 1. The summed E-state index contributed by atoms with van der Waals surface area (Å²) in [4.78, 5) is 14.2. The molecule has 0 aromatic heterocycles. The number of nitrogens with one attached hydrogen (secondary N) is 1. The molecule has 1 N–H and O–H groups in total. The molecule has 1 heterocycles. The third-order valence-corrected chi connectivity index (χ3v) is 5.75. The van der Waals surface area contributed by atoms with Gasteiger partial charge in [-0.1, -0.05) is 12.1 Å². The van der Waals surface area contributed by atoms with Gasteiger partial charge in [0.25, 0.3) is 0 Å². The standard InChI is InChI=1S/C15H18BrN3OS/c1-21-15(11-17)6-8-19(9-7-15)10-14(20)18-13-5-3-2-4-12(13)16/h2-5H,6-10H2,1H3,(H,18,20). The summed E-state index contributed by atoms with van der Waals surface area (Å²) in [5, 5.41) is 12.2. The Morgan fingerprint density at radius 3 is 2.71 bits per heavy atom. The van der Waals surface area contributed by atoms with Crippen molar-refractivity contribution in [2.75, 3.05) is 31.2 Å².